The maximum Gasteiger partial charge on any atom is 0.317 e. The van der Waals surface area contributed by atoms with Crippen molar-refractivity contribution in [1.29, 1.82) is 0 Å². The van der Waals surface area contributed by atoms with Crippen molar-refractivity contribution in [3.05, 3.63) is 69.5 Å². The molecule has 3 aromatic rings. The highest BCUT2D eigenvalue weighted by atomic mass is 79.9. The minimum absolute atomic E-state index is 0.00849. The predicted molar refractivity (Wildman–Crippen MR) is 95.2 cm³/mol. The number of oxazole rings is 1. The van der Waals surface area contributed by atoms with Crippen LogP contribution in [0.5, 0.6) is 5.75 Å². The van der Waals surface area contributed by atoms with Crippen LogP contribution in [-0.2, 0) is 11.2 Å². The number of hydrogen-bond acceptors (Lipinski definition) is 4. The van der Waals surface area contributed by atoms with E-state index in [0.717, 1.165) is 10.0 Å². The van der Waals surface area contributed by atoms with Crippen molar-refractivity contribution >= 4 is 33.5 Å². The Bertz CT molecular complexity index is 877. The molecule has 2 aromatic carbocycles. The molecule has 1 heterocycles. The van der Waals surface area contributed by atoms with Crippen LogP contribution in [0.3, 0.4) is 0 Å². The second-order valence-corrected chi connectivity index (χ2v) is 6.44. The van der Waals surface area contributed by atoms with Gasteiger partial charge in [-0.3, -0.25) is 4.79 Å². The van der Waals surface area contributed by atoms with Crippen molar-refractivity contribution in [2.75, 3.05) is 0 Å². The summed E-state index contributed by atoms with van der Waals surface area (Å²) in [7, 11) is 0. The fourth-order valence-corrected chi connectivity index (χ4v) is 2.86. The minimum atomic E-state index is -0.449. The SMILES string of the molecule is Cc1oc(-c2ccccc2)nc1CC(=O)Oc1ccc(Br)cc1Cl. The third kappa shape index (κ3) is 3.86. The molecule has 0 saturated carbocycles. The first-order valence-corrected chi connectivity index (χ1v) is 8.37. The van der Waals surface area contributed by atoms with Gasteiger partial charge in [-0.1, -0.05) is 45.7 Å². The Labute approximate surface area is 152 Å². The van der Waals surface area contributed by atoms with Crippen molar-refractivity contribution in [2.45, 2.75) is 13.3 Å². The van der Waals surface area contributed by atoms with E-state index in [2.05, 4.69) is 20.9 Å². The number of rotatable bonds is 4. The number of benzene rings is 2. The number of hydrogen-bond donors (Lipinski definition) is 0. The van der Waals surface area contributed by atoms with Gasteiger partial charge in [0.15, 0.2) is 0 Å². The summed E-state index contributed by atoms with van der Waals surface area (Å²) in [6.45, 7) is 1.77. The molecule has 24 heavy (non-hydrogen) atoms. The number of halogens is 2. The second kappa shape index (κ2) is 7.20. The summed E-state index contributed by atoms with van der Waals surface area (Å²) in [5.41, 5.74) is 1.41. The van der Waals surface area contributed by atoms with Gasteiger partial charge >= 0.3 is 5.97 Å². The molecule has 0 radical (unpaired) electrons. The van der Waals surface area contributed by atoms with Gasteiger partial charge in [0.1, 0.15) is 11.5 Å². The molecule has 0 aliphatic carbocycles. The van der Waals surface area contributed by atoms with Gasteiger partial charge in [-0.15, -0.1) is 0 Å². The molecule has 0 saturated heterocycles. The van der Waals surface area contributed by atoms with Crippen LogP contribution < -0.4 is 4.74 Å². The molecule has 0 bridgehead atoms. The fraction of sp³-hybridized carbons (Fsp3) is 0.111. The van der Waals surface area contributed by atoms with Crippen molar-refractivity contribution in [2.24, 2.45) is 0 Å². The molecule has 0 aliphatic rings. The molecule has 4 nitrogen and oxygen atoms in total. The van der Waals surface area contributed by atoms with Crippen LogP contribution in [-0.4, -0.2) is 11.0 Å². The first-order chi connectivity index (χ1) is 11.5. The number of esters is 1. The Morgan fingerprint density at radius 2 is 2.00 bits per heavy atom. The maximum atomic E-state index is 12.1. The van der Waals surface area contributed by atoms with E-state index >= 15 is 0 Å². The molecule has 0 atom stereocenters. The van der Waals surface area contributed by atoms with Crippen molar-refractivity contribution in [3.63, 3.8) is 0 Å². The highest BCUT2D eigenvalue weighted by Crippen LogP contribution is 2.28. The van der Waals surface area contributed by atoms with Gasteiger partial charge in [-0.05, 0) is 37.3 Å². The van der Waals surface area contributed by atoms with Crippen molar-refractivity contribution < 1.29 is 13.9 Å². The van der Waals surface area contributed by atoms with E-state index in [1.54, 1.807) is 25.1 Å². The highest BCUT2D eigenvalue weighted by molar-refractivity contribution is 9.10. The molecule has 1 aromatic heterocycles. The van der Waals surface area contributed by atoms with Crippen LogP contribution in [0.25, 0.3) is 11.5 Å². The van der Waals surface area contributed by atoms with Crippen LogP contribution >= 0.6 is 27.5 Å². The van der Waals surface area contributed by atoms with E-state index in [1.165, 1.54) is 0 Å². The number of carbonyl (C=O) groups is 1. The summed E-state index contributed by atoms with van der Waals surface area (Å²) in [6, 6.07) is 14.6. The average Bonchev–Trinajstić information content (AvgIpc) is 2.92. The van der Waals surface area contributed by atoms with Gasteiger partial charge in [0.05, 0.1) is 17.1 Å². The number of aryl methyl sites for hydroxylation is 1. The Hall–Kier alpha value is -2.11. The molecule has 0 amide bonds. The van der Waals surface area contributed by atoms with Gasteiger partial charge in [0.25, 0.3) is 0 Å². The van der Waals surface area contributed by atoms with E-state index in [-0.39, 0.29) is 6.42 Å². The quantitative estimate of drug-likeness (QED) is 0.440. The van der Waals surface area contributed by atoms with Gasteiger partial charge in [-0.25, -0.2) is 4.98 Å². The van der Waals surface area contributed by atoms with Crippen LogP contribution in [0.15, 0.2) is 57.4 Å². The van der Waals surface area contributed by atoms with E-state index in [1.807, 2.05) is 30.3 Å². The van der Waals surface area contributed by atoms with Gasteiger partial charge < -0.3 is 9.15 Å². The fourth-order valence-electron chi connectivity index (χ4n) is 2.15. The molecule has 0 unspecified atom stereocenters. The first kappa shape index (κ1) is 16.7. The largest absolute Gasteiger partial charge is 0.441 e. The molecule has 0 spiro atoms. The molecule has 6 heteroatoms. The lowest BCUT2D eigenvalue weighted by atomic mass is 10.2. The zero-order valence-corrected chi connectivity index (χ0v) is 15.1. The summed E-state index contributed by atoms with van der Waals surface area (Å²) in [4.78, 5) is 16.5. The Morgan fingerprint density at radius 1 is 1.25 bits per heavy atom. The first-order valence-electron chi connectivity index (χ1n) is 7.20. The van der Waals surface area contributed by atoms with Crippen molar-refractivity contribution in [3.8, 4) is 17.2 Å². The molecular formula is C18H13BrClNO3. The smallest absolute Gasteiger partial charge is 0.317 e. The van der Waals surface area contributed by atoms with Crippen molar-refractivity contribution in [1.82, 2.24) is 4.98 Å². The second-order valence-electron chi connectivity index (χ2n) is 5.11. The molecule has 0 N–H and O–H groups in total. The van der Waals surface area contributed by atoms with E-state index in [0.29, 0.717) is 28.1 Å². The van der Waals surface area contributed by atoms with Crippen LogP contribution in [0, 0.1) is 6.92 Å². The Balaban J connectivity index is 1.74. The molecule has 122 valence electrons. The zero-order valence-electron chi connectivity index (χ0n) is 12.8. The third-order valence-corrected chi connectivity index (χ3v) is 4.13. The summed E-state index contributed by atoms with van der Waals surface area (Å²) in [6.07, 6.45) is 0.00849. The zero-order chi connectivity index (χ0) is 17.1. The number of aromatic nitrogens is 1. The maximum absolute atomic E-state index is 12.1. The van der Waals surface area contributed by atoms with E-state index in [4.69, 9.17) is 20.8 Å². The Kier molecular flexibility index (Phi) is 5.02. The van der Waals surface area contributed by atoms with E-state index < -0.39 is 5.97 Å². The summed E-state index contributed by atoms with van der Waals surface area (Å²) in [5, 5.41) is 0.361. The summed E-state index contributed by atoms with van der Waals surface area (Å²) >= 11 is 9.35. The lowest BCUT2D eigenvalue weighted by Crippen LogP contribution is -2.12. The standard InChI is InChI=1S/C18H13BrClNO3/c1-11-15(21-18(23-11)12-5-3-2-4-6-12)10-17(22)24-16-8-7-13(19)9-14(16)20/h2-9H,10H2,1H3. The van der Waals surface area contributed by atoms with Gasteiger partial charge in [-0.2, -0.15) is 0 Å². The normalized spacial score (nSPS) is 10.6. The lowest BCUT2D eigenvalue weighted by Gasteiger charge is -2.05. The highest BCUT2D eigenvalue weighted by Gasteiger charge is 2.17. The van der Waals surface area contributed by atoms with Crippen LogP contribution in [0.4, 0.5) is 0 Å². The average molecular weight is 407 g/mol. The summed E-state index contributed by atoms with van der Waals surface area (Å²) < 4.78 is 11.8. The molecule has 0 fully saturated rings. The predicted octanol–water partition coefficient (Wildman–Crippen LogP) is 5.21. The summed E-state index contributed by atoms with van der Waals surface area (Å²) in [5.74, 6) is 0.940. The molecular weight excluding hydrogens is 394 g/mol. The lowest BCUT2D eigenvalue weighted by molar-refractivity contribution is -0.133. The van der Waals surface area contributed by atoms with E-state index in [9.17, 15) is 4.79 Å². The van der Waals surface area contributed by atoms with Crippen LogP contribution in [0.2, 0.25) is 5.02 Å². The van der Waals surface area contributed by atoms with Crippen LogP contribution in [0.1, 0.15) is 11.5 Å². The number of ether oxygens (including phenoxy) is 1. The minimum Gasteiger partial charge on any atom is -0.441 e. The topological polar surface area (TPSA) is 52.3 Å². The molecule has 0 aliphatic heterocycles. The molecule has 3 rings (SSSR count). The third-order valence-electron chi connectivity index (χ3n) is 3.34. The monoisotopic (exact) mass is 405 g/mol. The Morgan fingerprint density at radius 3 is 2.71 bits per heavy atom. The number of carbonyl (C=O) groups excluding carboxylic acids is 1. The number of nitrogens with zero attached hydrogens (tertiary/aromatic N) is 1. The van der Waals surface area contributed by atoms with Gasteiger partial charge in [0, 0.05) is 10.0 Å². The van der Waals surface area contributed by atoms with Gasteiger partial charge in [0.2, 0.25) is 5.89 Å².